The lowest BCUT2D eigenvalue weighted by molar-refractivity contribution is 0.00590. The molecule has 2 aromatic heterocycles. The number of hydrogen-bond donors (Lipinski definition) is 4. The molecular formula is C26H26N6O4. The number of amides is 2. The van der Waals surface area contributed by atoms with Crippen molar-refractivity contribution in [3.8, 4) is 11.1 Å². The molecule has 184 valence electrons. The zero-order valence-electron chi connectivity index (χ0n) is 19.6. The number of benzene rings is 2. The number of aliphatic hydroxyl groups is 2. The maximum Gasteiger partial charge on any atom is 0.254 e. The summed E-state index contributed by atoms with van der Waals surface area (Å²) in [6, 6.07) is 18.0. The van der Waals surface area contributed by atoms with E-state index in [4.69, 9.17) is 0 Å². The Balaban J connectivity index is 1.31. The van der Waals surface area contributed by atoms with Crippen LogP contribution in [-0.4, -0.2) is 73.4 Å². The topological polar surface area (TPSA) is 132 Å². The van der Waals surface area contributed by atoms with Crippen molar-refractivity contribution in [2.75, 3.05) is 25.0 Å². The van der Waals surface area contributed by atoms with Crippen molar-refractivity contribution in [3.63, 3.8) is 0 Å². The van der Waals surface area contributed by atoms with Gasteiger partial charge in [0.15, 0.2) is 5.65 Å². The Labute approximate surface area is 207 Å². The summed E-state index contributed by atoms with van der Waals surface area (Å²) in [6.45, 7) is 2.54. The molecule has 0 saturated carbocycles. The monoisotopic (exact) mass is 486 g/mol. The van der Waals surface area contributed by atoms with E-state index in [9.17, 15) is 19.8 Å². The van der Waals surface area contributed by atoms with E-state index < -0.39 is 12.2 Å². The van der Waals surface area contributed by atoms with Crippen LogP contribution in [0.1, 0.15) is 27.6 Å². The summed E-state index contributed by atoms with van der Waals surface area (Å²) in [5.74, 6) is 0.0557. The van der Waals surface area contributed by atoms with Gasteiger partial charge in [-0.3, -0.25) is 9.59 Å². The number of aliphatic hydroxyl groups excluding tert-OH is 2. The van der Waals surface area contributed by atoms with Crippen LogP contribution in [0, 0.1) is 0 Å². The molecule has 2 aromatic carbocycles. The van der Waals surface area contributed by atoms with Crippen LogP contribution < -0.4 is 10.6 Å². The summed E-state index contributed by atoms with van der Waals surface area (Å²) >= 11 is 0. The number of anilines is 2. The predicted octanol–water partition coefficient (Wildman–Crippen LogP) is 2.07. The van der Waals surface area contributed by atoms with Gasteiger partial charge < -0.3 is 25.7 Å². The Morgan fingerprint density at radius 2 is 1.75 bits per heavy atom. The molecule has 1 fully saturated rings. The zero-order valence-corrected chi connectivity index (χ0v) is 19.6. The number of likely N-dealkylation sites (tertiary alicyclic amines) is 1. The van der Waals surface area contributed by atoms with Gasteiger partial charge in [0.25, 0.3) is 11.8 Å². The third kappa shape index (κ3) is 4.90. The Kier molecular flexibility index (Phi) is 6.36. The largest absolute Gasteiger partial charge is 0.392 e. The van der Waals surface area contributed by atoms with E-state index in [1.165, 1.54) is 0 Å². The second-order valence-corrected chi connectivity index (χ2v) is 8.83. The highest BCUT2D eigenvalue weighted by atomic mass is 16.3. The minimum Gasteiger partial charge on any atom is -0.392 e. The van der Waals surface area contributed by atoms with Crippen molar-refractivity contribution < 1.29 is 19.8 Å². The summed E-state index contributed by atoms with van der Waals surface area (Å²) < 4.78 is 1.67. The fraction of sp³-hybridized carbons (Fsp3) is 0.231. The SMILES string of the molecule is CC(O)CNC(=O)c1ccc(-c2cccn3nc(Nc4ccc(C(=O)N5CC(O)C5)cc4)nc23)cc1. The van der Waals surface area contributed by atoms with Gasteiger partial charge in [0.1, 0.15) is 0 Å². The molecule has 0 bridgehead atoms. The van der Waals surface area contributed by atoms with E-state index in [1.807, 2.05) is 24.3 Å². The molecular weight excluding hydrogens is 460 g/mol. The summed E-state index contributed by atoms with van der Waals surface area (Å²) in [6.07, 6.45) is 0.763. The molecule has 0 spiro atoms. The van der Waals surface area contributed by atoms with Crippen molar-refractivity contribution in [3.05, 3.63) is 78.0 Å². The number of aromatic nitrogens is 3. The number of rotatable bonds is 7. The second kappa shape index (κ2) is 9.76. The number of carbonyl (C=O) groups is 2. The van der Waals surface area contributed by atoms with Crippen molar-refractivity contribution in [2.45, 2.75) is 19.1 Å². The summed E-state index contributed by atoms with van der Waals surface area (Å²) in [4.78, 5) is 30.8. The molecule has 1 saturated heterocycles. The van der Waals surface area contributed by atoms with Crippen molar-refractivity contribution >= 4 is 29.1 Å². The van der Waals surface area contributed by atoms with E-state index >= 15 is 0 Å². The van der Waals surface area contributed by atoms with E-state index in [-0.39, 0.29) is 18.4 Å². The molecule has 5 rings (SSSR count). The first-order chi connectivity index (χ1) is 17.4. The molecule has 1 unspecified atom stereocenters. The number of hydrogen-bond acceptors (Lipinski definition) is 7. The third-order valence-corrected chi connectivity index (χ3v) is 5.92. The van der Waals surface area contributed by atoms with E-state index in [1.54, 1.807) is 58.9 Å². The minimum atomic E-state index is -0.609. The zero-order chi connectivity index (χ0) is 25.2. The molecule has 2 amide bonds. The number of nitrogens with one attached hydrogen (secondary N) is 2. The first-order valence-electron chi connectivity index (χ1n) is 11.6. The minimum absolute atomic E-state index is 0.103. The fourth-order valence-corrected chi connectivity index (χ4v) is 3.96. The van der Waals surface area contributed by atoms with Gasteiger partial charge in [-0.2, -0.15) is 4.98 Å². The van der Waals surface area contributed by atoms with Crippen LogP contribution in [0.5, 0.6) is 0 Å². The molecule has 3 heterocycles. The fourth-order valence-electron chi connectivity index (χ4n) is 3.96. The molecule has 36 heavy (non-hydrogen) atoms. The Bertz CT molecular complexity index is 1390. The predicted molar refractivity (Wildman–Crippen MR) is 134 cm³/mol. The van der Waals surface area contributed by atoms with Crippen LogP contribution in [0.3, 0.4) is 0 Å². The highest BCUT2D eigenvalue weighted by Gasteiger charge is 2.29. The summed E-state index contributed by atoms with van der Waals surface area (Å²) in [5, 5.41) is 29.1. The summed E-state index contributed by atoms with van der Waals surface area (Å²) in [5.41, 5.74) is 4.18. The highest BCUT2D eigenvalue weighted by Crippen LogP contribution is 2.26. The first-order valence-corrected chi connectivity index (χ1v) is 11.6. The number of fused-ring (bicyclic) bond motifs is 1. The van der Waals surface area contributed by atoms with Crippen LogP contribution >= 0.6 is 0 Å². The number of pyridine rings is 1. The van der Waals surface area contributed by atoms with Crippen LogP contribution in [0.25, 0.3) is 16.8 Å². The van der Waals surface area contributed by atoms with E-state index in [0.717, 1.165) is 16.8 Å². The van der Waals surface area contributed by atoms with Crippen molar-refractivity contribution in [2.24, 2.45) is 0 Å². The molecule has 0 aliphatic carbocycles. The van der Waals surface area contributed by atoms with Crippen molar-refractivity contribution in [1.82, 2.24) is 24.8 Å². The second-order valence-electron chi connectivity index (χ2n) is 8.83. The quantitative estimate of drug-likeness (QED) is 0.314. The van der Waals surface area contributed by atoms with Gasteiger partial charge in [0.2, 0.25) is 5.95 Å². The average molecular weight is 487 g/mol. The van der Waals surface area contributed by atoms with Crippen LogP contribution in [0.15, 0.2) is 66.9 Å². The van der Waals surface area contributed by atoms with Gasteiger partial charge in [-0.25, -0.2) is 4.52 Å². The van der Waals surface area contributed by atoms with E-state index in [0.29, 0.717) is 35.8 Å². The lowest BCUT2D eigenvalue weighted by Crippen LogP contribution is -2.53. The Hall–Kier alpha value is -4.28. The molecule has 4 N–H and O–H groups in total. The van der Waals surface area contributed by atoms with Crippen LogP contribution in [0.4, 0.5) is 11.6 Å². The van der Waals surface area contributed by atoms with Gasteiger partial charge in [0.05, 0.1) is 12.2 Å². The maximum absolute atomic E-state index is 12.4. The number of β-amino-alcohol motifs (C(OH)–C–C–N with tert-alkyl or cyclic N) is 1. The summed E-state index contributed by atoms with van der Waals surface area (Å²) in [7, 11) is 0. The molecule has 10 nitrogen and oxygen atoms in total. The number of nitrogens with zero attached hydrogens (tertiary/aromatic N) is 4. The lowest BCUT2D eigenvalue weighted by Gasteiger charge is -2.35. The number of carbonyl (C=O) groups excluding carboxylic acids is 2. The normalized spacial score (nSPS) is 14.4. The standard InChI is InChI=1S/C26H26N6O4/c1-16(33)13-27-24(35)18-6-4-17(5-7-18)22-3-2-12-32-23(22)29-26(30-32)28-20-10-8-19(9-11-20)25(36)31-14-21(34)15-31/h2-12,16,21,33-34H,13-15H2,1H3,(H,27,35)(H,28,30). The smallest absolute Gasteiger partial charge is 0.254 e. The van der Waals surface area contributed by atoms with Gasteiger partial charge in [-0.15, -0.1) is 5.10 Å². The van der Waals surface area contributed by atoms with Gasteiger partial charge in [-0.1, -0.05) is 12.1 Å². The maximum atomic E-state index is 12.4. The van der Waals surface area contributed by atoms with Crippen molar-refractivity contribution in [1.29, 1.82) is 0 Å². The first kappa shape index (κ1) is 23.5. The lowest BCUT2D eigenvalue weighted by atomic mass is 10.0. The van der Waals surface area contributed by atoms with Gasteiger partial charge in [0, 0.05) is 48.2 Å². The highest BCUT2D eigenvalue weighted by molar-refractivity contribution is 5.95. The molecule has 1 aliphatic heterocycles. The van der Waals surface area contributed by atoms with Crippen LogP contribution in [-0.2, 0) is 0 Å². The molecule has 0 radical (unpaired) electrons. The third-order valence-electron chi connectivity index (χ3n) is 5.92. The van der Waals surface area contributed by atoms with Gasteiger partial charge >= 0.3 is 0 Å². The average Bonchev–Trinajstić information content (AvgIpc) is 3.28. The molecule has 10 heteroatoms. The van der Waals surface area contributed by atoms with E-state index in [2.05, 4.69) is 20.7 Å². The van der Waals surface area contributed by atoms with Gasteiger partial charge in [-0.05, 0) is 61.0 Å². The molecule has 4 aromatic rings. The molecule has 1 atom stereocenters. The van der Waals surface area contributed by atoms with Crippen LogP contribution in [0.2, 0.25) is 0 Å². The Morgan fingerprint density at radius 1 is 1.06 bits per heavy atom. The molecule has 1 aliphatic rings. The Morgan fingerprint density at radius 3 is 2.42 bits per heavy atom.